The Morgan fingerprint density at radius 3 is 2.81 bits per heavy atom. The van der Waals surface area contributed by atoms with Crippen molar-refractivity contribution in [3.8, 4) is 0 Å². The summed E-state index contributed by atoms with van der Waals surface area (Å²) in [7, 11) is 0. The third-order valence-corrected chi connectivity index (χ3v) is 3.99. The third-order valence-electron chi connectivity index (χ3n) is 3.99. The number of rotatable bonds is 4. The molecular weight excluding hydrogens is 280 g/mol. The van der Waals surface area contributed by atoms with Gasteiger partial charge in [0.15, 0.2) is 0 Å². The lowest BCUT2D eigenvalue weighted by Crippen LogP contribution is -2.42. The van der Waals surface area contributed by atoms with Crippen molar-refractivity contribution in [3.05, 3.63) is 29.3 Å². The van der Waals surface area contributed by atoms with Crippen LogP contribution in [0.1, 0.15) is 43.5 Å². The van der Waals surface area contributed by atoms with E-state index in [9.17, 15) is 13.6 Å². The fourth-order valence-corrected chi connectivity index (χ4v) is 2.54. The molecule has 2 rings (SSSR count). The van der Waals surface area contributed by atoms with E-state index < -0.39 is 23.2 Å². The number of carbonyl (C=O) groups is 1. The van der Waals surface area contributed by atoms with Gasteiger partial charge < -0.3 is 15.2 Å². The van der Waals surface area contributed by atoms with Gasteiger partial charge in [0.25, 0.3) is 0 Å². The number of carboxylic acids is 1. The number of carboxylic acid groups (broad SMARTS) is 1. The Morgan fingerprint density at radius 2 is 2.19 bits per heavy atom. The van der Waals surface area contributed by atoms with E-state index in [4.69, 9.17) is 9.84 Å². The fourth-order valence-electron chi connectivity index (χ4n) is 2.54. The number of nitrogens with one attached hydrogen (secondary N) is 1. The Hall–Kier alpha value is -1.69. The highest BCUT2D eigenvalue weighted by Crippen LogP contribution is 2.30. The van der Waals surface area contributed by atoms with E-state index in [1.807, 2.05) is 13.8 Å². The van der Waals surface area contributed by atoms with E-state index in [0.717, 1.165) is 12.5 Å². The summed E-state index contributed by atoms with van der Waals surface area (Å²) in [6, 6.07) is 1.57. The van der Waals surface area contributed by atoms with Gasteiger partial charge in [-0.3, -0.25) is 0 Å². The van der Waals surface area contributed by atoms with E-state index >= 15 is 0 Å². The predicted octanol–water partition coefficient (Wildman–Crippen LogP) is 3.42. The smallest absolute Gasteiger partial charge is 0.338 e. The number of halogens is 2. The van der Waals surface area contributed by atoms with Crippen LogP contribution in [0, 0.1) is 11.6 Å². The number of ether oxygens (including phenoxy) is 1. The summed E-state index contributed by atoms with van der Waals surface area (Å²) in [5, 5.41) is 11.9. The second-order valence-electron chi connectivity index (χ2n) is 5.60. The van der Waals surface area contributed by atoms with Crippen LogP contribution in [0.2, 0.25) is 0 Å². The second kappa shape index (κ2) is 5.97. The van der Waals surface area contributed by atoms with Crippen molar-refractivity contribution in [1.29, 1.82) is 0 Å². The van der Waals surface area contributed by atoms with Gasteiger partial charge in [0.05, 0.1) is 16.9 Å². The monoisotopic (exact) mass is 299 g/mol. The van der Waals surface area contributed by atoms with Gasteiger partial charge in [-0.2, -0.15) is 0 Å². The molecule has 0 radical (unpaired) electrons. The highest BCUT2D eigenvalue weighted by atomic mass is 19.1. The Morgan fingerprint density at radius 1 is 1.48 bits per heavy atom. The lowest BCUT2D eigenvalue weighted by molar-refractivity contribution is -0.0709. The molecule has 1 saturated heterocycles. The molecule has 1 heterocycles. The molecule has 0 saturated carbocycles. The molecule has 6 heteroatoms. The molecule has 1 aromatic rings. The molecule has 0 bridgehead atoms. The Labute approximate surface area is 122 Å². The lowest BCUT2D eigenvalue weighted by atomic mass is 9.89. The second-order valence-corrected chi connectivity index (χ2v) is 5.60. The first kappa shape index (κ1) is 15.7. The van der Waals surface area contributed by atoms with Gasteiger partial charge in [0.1, 0.15) is 11.6 Å². The van der Waals surface area contributed by atoms with Crippen LogP contribution in [-0.4, -0.2) is 29.3 Å². The zero-order valence-corrected chi connectivity index (χ0v) is 12.1. The number of benzene rings is 1. The minimum Gasteiger partial charge on any atom is -0.478 e. The van der Waals surface area contributed by atoms with Crippen LogP contribution in [-0.2, 0) is 4.74 Å². The first-order chi connectivity index (χ1) is 9.84. The van der Waals surface area contributed by atoms with Crippen LogP contribution in [0.15, 0.2) is 12.1 Å². The first-order valence-electron chi connectivity index (χ1n) is 6.97. The Balaban J connectivity index is 2.19. The normalized spacial score (nSPS) is 25.6. The van der Waals surface area contributed by atoms with Gasteiger partial charge in [-0.25, -0.2) is 13.6 Å². The molecule has 2 atom stereocenters. The maximum atomic E-state index is 13.8. The van der Waals surface area contributed by atoms with Crippen molar-refractivity contribution in [2.24, 2.45) is 0 Å². The van der Waals surface area contributed by atoms with Crippen LogP contribution in [0.4, 0.5) is 14.5 Å². The zero-order valence-electron chi connectivity index (χ0n) is 12.1. The van der Waals surface area contributed by atoms with Crippen molar-refractivity contribution >= 4 is 11.7 Å². The summed E-state index contributed by atoms with van der Waals surface area (Å²) >= 11 is 0. The van der Waals surface area contributed by atoms with E-state index in [1.54, 1.807) is 0 Å². The maximum Gasteiger partial charge on any atom is 0.338 e. The molecule has 116 valence electrons. The van der Waals surface area contributed by atoms with Gasteiger partial charge >= 0.3 is 5.97 Å². The summed E-state index contributed by atoms with van der Waals surface area (Å²) in [5.74, 6) is -3.28. The van der Waals surface area contributed by atoms with Crippen LogP contribution >= 0.6 is 0 Å². The summed E-state index contributed by atoms with van der Waals surface area (Å²) in [5.41, 5.74) is -0.800. The molecule has 0 aliphatic carbocycles. The quantitative estimate of drug-likeness (QED) is 0.894. The SMILES string of the molecule is CCC1(C)CC(Nc2cc(C(=O)O)c(F)cc2F)CCO1. The van der Waals surface area contributed by atoms with Crippen molar-refractivity contribution in [1.82, 2.24) is 0 Å². The summed E-state index contributed by atoms with van der Waals surface area (Å²) < 4.78 is 32.9. The maximum absolute atomic E-state index is 13.8. The van der Waals surface area contributed by atoms with Crippen LogP contribution in [0.3, 0.4) is 0 Å². The third kappa shape index (κ3) is 3.50. The average Bonchev–Trinajstić information content (AvgIpc) is 2.41. The van der Waals surface area contributed by atoms with Gasteiger partial charge in [-0.1, -0.05) is 6.92 Å². The lowest BCUT2D eigenvalue weighted by Gasteiger charge is -2.38. The van der Waals surface area contributed by atoms with Crippen LogP contribution in [0.5, 0.6) is 0 Å². The minimum atomic E-state index is -1.42. The van der Waals surface area contributed by atoms with E-state index in [-0.39, 0.29) is 17.3 Å². The van der Waals surface area contributed by atoms with Crippen molar-refractivity contribution in [3.63, 3.8) is 0 Å². The summed E-state index contributed by atoms with van der Waals surface area (Å²) in [4.78, 5) is 10.9. The molecule has 4 nitrogen and oxygen atoms in total. The van der Waals surface area contributed by atoms with E-state index in [1.165, 1.54) is 0 Å². The Bertz CT molecular complexity index is 550. The molecule has 1 aliphatic heterocycles. The average molecular weight is 299 g/mol. The van der Waals surface area contributed by atoms with Crippen molar-refractivity contribution in [2.75, 3.05) is 11.9 Å². The van der Waals surface area contributed by atoms with Gasteiger partial charge in [0, 0.05) is 18.7 Å². The predicted molar refractivity (Wildman–Crippen MR) is 74.6 cm³/mol. The molecular formula is C15H19F2NO3. The summed E-state index contributed by atoms with van der Waals surface area (Å²) in [6.07, 6.45) is 2.20. The van der Waals surface area contributed by atoms with Crippen molar-refractivity contribution < 1.29 is 23.4 Å². The molecule has 21 heavy (non-hydrogen) atoms. The van der Waals surface area contributed by atoms with Crippen LogP contribution < -0.4 is 5.32 Å². The number of hydrogen-bond acceptors (Lipinski definition) is 3. The highest BCUT2D eigenvalue weighted by molar-refractivity contribution is 5.89. The number of anilines is 1. The molecule has 0 spiro atoms. The molecule has 2 unspecified atom stereocenters. The van der Waals surface area contributed by atoms with Gasteiger partial charge in [-0.15, -0.1) is 0 Å². The first-order valence-corrected chi connectivity index (χ1v) is 6.97. The van der Waals surface area contributed by atoms with E-state index in [0.29, 0.717) is 25.5 Å². The molecule has 1 fully saturated rings. The van der Waals surface area contributed by atoms with Crippen LogP contribution in [0.25, 0.3) is 0 Å². The van der Waals surface area contributed by atoms with Gasteiger partial charge in [-0.05, 0) is 32.3 Å². The standard InChI is InChI=1S/C15H19F2NO3/c1-3-15(2)8-9(4-5-21-15)18-13-6-10(14(19)20)11(16)7-12(13)17/h6-7,9,18H,3-5,8H2,1-2H3,(H,19,20). The molecule has 0 aromatic heterocycles. The topological polar surface area (TPSA) is 58.6 Å². The van der Waals surface area contributed by atoms with Crippen molar-refractivity contribution in [2.45, 2.75) is 44.8 Å². The molecule has 1 aliphatic rings. The molecule has 1 aromatic carbocycles. The zero-order chi connectivity index (χ0) is 15.6. The molecule has 2 N–H and O–H groups in total. The van der Waals surface area contributed by atoms with Gasteiger partial charge in [0.2, 0.25) is 0 Å². The number of aromatic carboxylic acids is 1. The summed E-state index contributed by atoms with van der Waals surface area (Å²) in [6.45, 7) is 4.56. The molecule has 0 amide bonds. The largest absolute Gasteiger partial charge is 0.478 e. The minimum absolute atomic E-state index is 0.0131. The highest BCUT2D eigenvalue weighted by Gasteiger charge is 2.32. The number of hydrogen-bond donors (Lipinski definition) is 2. The fraction of sp³-hybridized carbons (Fsp3) is 0.533. The Kier molecular flexibility index (Phi) is 4.46. The van der Waals surface area contributed by atoms with E-state index in [2.05, 4.69) is 5.32 Å².